The molecular weight excluding hydrogens is 385 g/mol. The van der Waals surface area contributed by atoms with Crippen molar-refractivity contribution < 1.29 is 9.59 Å². The molecule has 2 bridgehead atoms. The first kappa shape index (κ1) is 19.9. The molecule has 7 heteroatoms. The maximum absolute atomic E-state index is 13.2. The summed E-state index contributed by atoms with van der Waals surface area (Å²) in [6.07, 6.45) is 2.08. The van der Waals surface area contributed by atoms with Gasteiger partial charge in [-0.3, -0.25) is 19.4 Å². The smallest absolute Gasteiger partial charge is 0.261 e. The molecule has 5 rings (SSSR count). The molecule has 3 aliphatic rings. The van der Waals surface area contributed by atoms with Gasteiger partial charge >= 0.3 is 0 Å². The van der Waals surface area contributed by atoms with Crippen LogP contribution in [0.5, 0.6) is 0 Å². The Balaban J connectivity index is 0.00000105. The van der Waals surface area contributed by atoms with Crippen LogP contribution in [0.2, 0.25) is 0 Å². The van der Waals surface area contributed by atoms with Crippen molar-refractivity contribution in [2.24, 2.45) is 5.92 Å². The second kappa shape index (κ2) is 6.97. The van der Waals surface area contributed by atoms with Gasteiger partial charge in [0.15, 0.2) is 0 Å². The SMILES string of the molecule is CC1C2CCN1CC(N1C(=O)c3cccc4c(N)ccc(c34)C1=O)C2.Cl.Cl. The van der Waals surface area contributed by atoms with Crippen molar-refractivity contribution in [3.63, 3.8) is 0 Å². The summed E-state index contributed by atoms with van der Waals surface area (Å²) in [5, 5.41) is 1.50. The fourth-order valence-corrected chi connectivity index (χ4v) is 5.00. The van der Waals surface area contributed by atoms with Gasteiger partial charge in [-0.05, 0) is 50.4 Å². The van der Waals surface area contributed by atoms with Crippen LogP contribution in [-0.2, 0) is 0 Å². The predicted molar refractivity (Wildman–Crippen MR) is 111 cm³/mol. The maximum Gasteiger partial charge on any atom is 0.261 e. The molecule has 0 aromatic heterocycles. The van der Waals surface area contributed by atoms with E-state index in [1.165, 1.54) is 4.90 Å². The van der Waals surface area contributed by atoms with E-state index in [9.17, 15) is 9.59 Å². The first-order valence-corrected chi connectivity index (χ1v) is 8.99. The van der Waals surface area contributed by atoms with Gasteiger partial charge in [0.25, 0.3) is 11.8 Å². The van der Waals surface area contributed by atoms with Crippen LogP contribution in [0, 0.1) is 5.92 Å². The molecule has 3 heterocycles. The molecule has 144 valence electrons. The normalized spacial score (nSPS) is 28.7. The van der Waals surface area contributed by atoms with E-state index in [4.69, 9.17) is 5.73 Å². The van der Waals surface area contributed by atoms with Crippen molar-refractivity contribution in [1.82, 2.24) is 9.80 Å². The number of carbonyl (C=O) groups excluding carboxylic acids is 2. The molecule has 2 saturated heterocycles. The molecule has 2 aromatic rings. The average Bonchev–Trinajstić information content (AvgIpc) is 2.82. The van der Waals surface area contributed by atoms with Crippen LogP contribution >= 0.6 is 24.8 Å². The topological polar surface area (TPSA) is 66.6 Å². The summed E-state index contributed by atoms with van der Waals surface area (Å²) in [6, 6.07) is 9.59. The van der Waals surface area contributed by atoms with E-state index in [2.05, 4.69) is 11.8 Å². The Bertz CT molecular complexity index is 897. The van der Waals surface area contributed by atoms with Gasteiger partial charge in [0.05, 0.1) is 6.04 Å². The van der Waals surface area contributed by atoms with E-state index in [0.29, 0.717) is 34.2 Å². The minimum absolute atomic E-state index is 0. The summed E-state index contributed by atoms with van der Waals surface area (Å²) < 4.78 is 0. The third kappa shape index (κ3) is 2.72. The van der Waals surface area contributed by atoms with Gasteiger partial charge in [-0.1, -0.05) is 12.1 Å². The average molecular weight is 408 g/mol. The number of rotatable bonds is 1. The van der Waals surface area contributed by atoms with Gasteiger partial charge in [-0.2, -0.15) is 0 Å². The van der Waals surface area contributed by atoms with Crippen molar-refractivity contribution in [2.45, 2.75) is 31.8 Å². The fourth-order valence-electron chi connectivity index (χ4n) is 5.00. The van der Waals surface area contributed by atoms with E-state index in [0.717, 1.165) is 31.3 Å². The van der Waals surface area contributed by atoms with Gasteiger partial charge in [0.2, 0.25) is 0 Å². The van der Waals surface area contributed by atoms with E-state index in [1.807, 2.05) is 18.2 Å². The zero-order valence-corrected chi connectivity index (χ0v) is 16.7. The van der Waals surface area contributed by atoms with E-state index >= 15 is 0 Å². The van der Waals surface area contributed by atoms with E-state index in [1.54, 1.807) is 12.1 Å². The number of nitrogen functional groups attached to an aromatic ring is 1. The summed E-state index contributed by atoms with van der Waals surface area (Å²) in [7, 11) is 0. The molecule has 2 fully saturated rings. The van der Waals surface area contributed by atoms with Crippen LogP contribution in [0.25, 0.3) is 10.8 Å². The Morgan fingerprint density at radius 2 is 1.74 bits per heavy atom. The Hall–Kier alpha value is -1.82. The van der Waals surface area contributed by atoms with Crippen LogP contribution in [0.15, 0.2) is 30.3 Å². The Morgan fingerprint density at radius 3 is 2.44 bits per heavy atom. The molecular formula is C20H23Cl2N3O2. The lowest BCUT2D eigenvalue weighted by molar-refractivity contribution is 0.0392. The fraction of sp³-hybridized carbons (Fsp3) is 0.400. The number of hydrogen-bond donors (Lipinski definition) is 1. The first-order chi connectivity index (χ1) is 12.1. The zero-order valence-electron chi connectivity index (χ0n) is 15.1. The molecule has 3 aliphatic heterocycles. The number of nitrogens with two attached hydrogens (primary N) is 1. The molecule has 2 N–H and O–H groups in total. The lowest BCUT2D eigenvalue weighted by Crippen LogP contribution is -2.55. The maximum atomic E-state index is 13.2. The number of benzene rings is 2. The molecule has 2 amide bonds. The van der Waals surface area contributed by atoms with Gasteiger partial charge in [-0.25, -0.2) is 0 Å². The number of hydrogen-bond acceptors (Lipinski definition) is 4. The van der Waals surface area contributed by atoms with Gasteiger partial charge in [0, 0.05) is 40.2 Å². The molecule has 0 aliphatic carbocycles. The van der Waals surface area contributed by atoms with Crippen LogP contribution in [0.1, 0.15) is 40.5 Å². The highest BCUT2D eigenvalue weighted by Crippen LogP contribution is 2.39. The molecule has 0 radical (unpaired) electrons. The van der Waals surface area contributed by atoms with Crippen LogP contribution < -0.4 is 5.73 Å². The molecule has 27 heavy (non-hydrogen) atoms. The Labute approximate surface area is 170 Å². The minimum Gasteiger partial charge on any atom is -0.398 e. The number of nitrogens with zero attached hydrogens (tertiary/aromatic N) is 2. The minimum atomic E-state index is -0.172. The van der Waals surface area contributed by atoms with Gasteiger partial charge < -0.3 is 5.73 Å². The van der Waals surface area contributed by atoms with Crippen molar-refractivity contribution >= 4 is 53.1 Å². The number of halogens is 2. The molecule has 4 unspecified atom stereocenters. The summed E-state index contributed by atoms with van der Waals surface area (Å²) in [4.78, 5) is 30.3. The number of imide groups is 1. The highest BCUT2D eigenvalue weighted by Gasteiger charge is 2.45. The Morgan fingerprint density at radius 1 is 1.04 bits per heavy atom. The summed E-state index contributed by atoms with van der Waals surface area (Å²) >= 11 is 0. The van der Waals surface area contributed by atoms with E-state index < -0.39 is 0 Å². The summed E-state index contributed by atoms with van der Waals surface area (Å²) in [5.74, 6) is 0.227. The standard InChI is InChI=1S/C20H21N3O2.2ClH/c1-11-12-7-8-22(11)10-13(9-12)23-19(24)15-4-2-3-14-17(21)6-5-16(18(14)15)20(23)25;;/h2-6,11-13H,7-10,21H2,1H3;2*1H. The molecule has 2 aromatic carbocycles. The second-order valence-electron chi connectivity index (χ2n) is 7.58. The highest BCUT2D eigenvalue weighted by molar-refractivity contribution is 6.26. The number of anilines is 1. The lowest BCUT2D eigenvalue weighted by atomic mass is 9.87. The molecule has 5 nitrogen and oxygen atoms in total. The van der Waals surface area contributed by atoms with Crippen molar-refractivity contribution in [1.29, 1.82) is 0 Å². The second-order valence-corrected chi connectivity index (χ2v) is 7.58. The zero-order chi connectivity index (χ0) is 17.3. The first-order valence-electron chi connectivity index (χ1n) is 8.99. The van der Waals surface area contributed by atoms with E-state index in [-0.39, 0.29) is 42.7 Å². The molecule has 4 atom stereocenters. The largest absolute Gasteiger partial charge is 0.398 e. The van der Waals surface area contributed by atoms with Crippen LogP contribution in [0.4, 0.5) is 5.69 Å². The predicted octanol–water partition coefficient (Wildman–Crippen LogP) is 3.34. The summed E-state index contributed by atoms with van der Waals surface area (Å²) in [6.45, 7) is 4.11. The molecule has 0 saturated carbocycles. The van der Waals surface area contributed by atoms with Crippen molar-refractivity contribution in [3.05, 3.63) is 41.5 Å². The van der Waals surface area contributed by atoms with Crippen molar-refractivity contribution in [2.75, 3.05) is 18.8 Å². The number of amides is 2. The van der Waals surface area contributed by atoms with Crippen LogP contribution in [0.3, 0.4) is 0 Å². The third-order valence-corrected chi connectivity index (χ3v) is 6.40. The Kier molecular flexibility index (Phi) is 5.14. The quantitative estimate of drug-likeness (QED) is 0.581. The highest BCUT2D eigenvalue weighted by atomic mass is 35.5. The van der Waals surface area contributed by atoms with Gasteiger partial charge in [0.1, 0.15) is 0 Å². The van der Waals surface area contributed by atoms with Crippen molar-refractivity contribution in [3.8, 4) is 0 Å². The summed E-state index contributed by atoms with van der Waals surface area (Å²) in [5.41, 5.74) is 7.86. The molecule has 0 spiro atoms. The van der Waals surface area contributed by atoms with Gasteiger partial charge in [-0.15, -0.1) is 24.8 Å². The number of carbonyl (C=O) groups is 2. The monoisotopic (exact) mass is 407 g/mol. The van der Waals surface area contributed by atoms with Crippen LogP contribution in [-0.4, -0.2) is 46.8 Å². The lowest BCUT2D eigenvalue weighted by Gasteiger charge is -2.41. The number of piperidine rings is 1. The third-order valence-electron chi connectivity index (χ3n) is 6.40. The number of fused-ring (bicyclic) bond motifs is 2.